The second-order valence-electron chi connectivity index (χ2n) is 9.45. The molecule has 0 saturated carbocycles. The lowest BCUT2D eigenvalue weighted by molar-refractivity contribution is -0.121. The SMILES string of the molecule is CCN1CCC[C@H]1CNC(=O)CCC1CCN(Cc2c(OC)ccc3ccccc23)CC1. The van der Waals surface area contributed by atoms with Gasteiger partial charge in [0.15, 0.2) is 0 Å². The molecular weight excluding hydrogens is 398 g/mol. The number of hydrogen-bond acceptors (Lipinski definition) is 4. The van der Waals surface area contributed by atoms with Crippen LogP contribution in [0.2, 0.25) is 0 Å². The first-order chi connectivity index (χ1) is 15.7. The van der Waals surface area contributed by atoms with Gasteiger partial charge >= 0.3 is 0 Å². The van der Waals surface area contributed by atoms with E-state index in [-0.39, 0.29) is 5.91 Å². The number of carbonyl (C=O) groups is 1. The minimum absolute atomic E-state index is 0.232. The second kappa shape index (κ2) is 11.2. The van der Waals surface area contributed by atoms with Gasteiger partial charge in [-0.1, -0.05) is 37.3 Å². The summed E-state index contributed by atoms with van der Waals surface area (Å²) in [6.45, 7) is 8.40. The number of nitrogens with one attached hydrogen (secondary N) is 1. The number of amides is 1. The first-order valence-corrected chi connectivity index (χ1v) is 12.5. The van der Waals surface area contributed by atoms with Crippen LogP contribution >= 0.6 is 0 Å². The summed E-state index contributed by atoms with van der Waals surface area (Å²) in [4.78, 5) is 17.4. The largest absolute Gasteiger partial charge is 0.496 e. The average molecular weight is 438 g/mol. The van der Waals surface area contributed by atoms with Gasteiger partial charge in [0, 0.05) is 31.1 Å². The zero-order valence-electron chi connectivity index (χ0n) is 19.8. The fourth-order valence-corrected chi connectivity index (χ4v) is 5.52. The fraction of sp³-hybridized carbons (Fsp3) is 0.593. The smallest absolute Gasteiger partial charge is 0.220 e. The van der Waals surface area contributed by atoms with Crippen LogP contribution in [0.3, 0.4) is 0 Å². The highest BCUT2D eigenvalue weighted by molar-refractivity contribution is 5.87. The van der Waals surface area contributed by atoms with Crippen LogP contribution in [0.15, 0.2) is 36.4 Å². The first-order valence-electron chi connectivity index (χ1n) is 12.5. The van der Waals surface area contributed by atoms with Crippen LogP contribution in [0.5, 0.6) is 5.75 Å². The molecule has 2 aromatic carbocycles. The molecule has 2 aliphatic heterocycles. The van der Waals surface area contributed by atoms with E-state index in [4.69, 9.17) is 4.74 Å². The van der Waals surface area contributed by atoms with E-state index in [0.717, 1.165) is 44.9 Å². The highest BCUT2D eigenvalue weighted by Crippen LogP contribution is 2.31. The Balaban J connectivity index is 1.22. The van der Waals surface area contributed by atoms with Gasteiger partial charge in [0.05, 0.1) is 7.11 Å². The molecule has 2 saturated heterocycles. The van der Waals surface area contributed by atoms with Crippen molar-refractivity contribution in [2.75, 3.05) is 39.8 Å². The van der Waals surface area contributed by atoms with Gasteiger partial charge in [-0.05, 0) is 81.0 Å². The molecule has 1 N–H and O–H groups in total. The number of hydrogen-bond donors (Lipinski definition) is 1. The third kappa shape index (κ3) is 5.62. The number of ether oxygens (including phenoxy) is 1. The summed E-state index contributed by atoms with van der Waals surface area (Å²) >= 11 is 0. The molecule has 5 heteroatoms. The Kier molecular flexibility index (Phi) is 8.04. The van der Waals surface area contributed by atoms with Crippen LogP contribution in [0.25, 0.3) is 10.8 Å². The Morgan fingerprint density at radius 1 is 1.09 bits per heavy atom. The predicted molar refractivity (Wildman–Crippen MR) is 131 cm³/mol. The van der Waals surface area contributed by atoms with E-state index in [2.05, 4.69) is 58.4 Å². The zero-order chi connectivity index (χ0) is 22.3. The van der Waals surface area contributed by atoms with E-state index >= 15 is 0 Å². The van der Waals surface area contributed by atoms with Crippen molar-refractivity contribution in [3.63, 3.8) is 0 Å². The van der Waals surface area contributed by atoms with E-state index in [1.54, 1.807) is 7.11 Å². The molecule has 174 valence electrons. The van der Waals surface area contributed by atoms with Crippen LogP contribution in [-0.2, 0) is 11.3 Å². The molecule has 4 rings (SSSR count). The van der Waals surface area contributed by atoms with Crippen molar-refractivity contribution in [1.82, 2.24) is 15.1 Å². The van der Waals surface area contributed by atoms with Crippen molar-refractivity contribution in [3.8, 4) is 5.75 Å². The van der Waals surface area contributed by atoms with E-state index in [0.29, 0.717) is 18.4 Å². The molecule has 2 heterocycles. The van der Waals surface area contributed by atoms with Crippen molar-refractivity contribution >= 4 is 16.7 Å². The lowest BCUT2D eigenvalue weighted by Crippen LogP contribution is -2.40. The highest BCUT2D eigenvalue weighted by atomic mass is 16.5. The molecule has 1 amide bonds. The lowest BCUT2D eigenvalue weighted by Gasteiger charge is -2.32. The molecule has 2 fully saturated rings. The Morgan fingerprint density at radius 2 is 1.91 bits per heavy atom. The molecule has 0 radical (unpaired) electrons. The number of likely N-dealkylation sites (N-methyl/N-ethyl adjacent to an activating group) is 1. The van der Waals surface area contributed by atoms with Gasteiger partial charge in [0.25, 0.3) is 0 Å². The van der Waals surface area contributed by atoms with Crippen molar-refractivity contribution in [1.29, 1.82) is 0 Å². The number of likely N-dealkylation sites (tertiary alicyclic amines) is 2. The molecule has 0 aliphatic carbocycles. The molecule has 0 aromatic heterocycles. The zero-order valence-corrected chi connectivity index (χ0v) is 19.8. The number of rotatable bonds is 9. The van der Waals surface area contributed by atoms with Crippen molar-refractivity contribution in [3.05, 3.63) is 42.0 Å². The first kappa shape index (κ1) is 23.1. The summed E-state index contributed by atoms with van der Waals surface area (Å²) in [5, 5.41) is 5.75. The molecule has 1 atom stereocenters. The van der Waals surface area contributed by atoms with Gasteiger partial charge in [0.2, 0.25) is 5.91 Å². The number of nitrogens with zero attached hydrogens (tertiary/aromatic N) is 2. The van der Waals surface area contributed by atoms with E-state index in [1.807, 2.05) is 0 Å². The monoisotopic (exact) mass is 437 g/mol. The summed E-state index contributed by atoms with van der Waals surface area (Å²) in [6, 6.07) is 13.3. The molecule has 2 aromatic rings. The molecule has 0 unspecified atom stereocenters. The van der Waals surface area contributed by atoms with Crippen molar-refractivity contribution < 1.29 is 9.53 Å². The molecular formula is C27H39N3O2. The van der Waals surface area contributed by atoms with Gasteiger partial charge in [-0.3, -0.25) is 14.6 Å². The number of benzene rings is 2. The lowest BCUT2D eigenvalue weighted by atomic mass is 9.91. The number of fused-ring (bicyclic) bond motifs is 1. The summed E-state index contributed by atoms with van der Waals surface area (Å²) in [5.74, 6) is 1.87. The normalized spacial score (nSPS) is 20.6. The van der Waals surface area contributed by atoms with E-state index in [9.17, 15) is 4.79 Å². The van der Waals surface area contributed by atoms with Crippen molar-refractivity contribution in [2.45, 2.75) is 58.0 Å². The number of piperidine rings is 1. The van der Waals surface area contributed by atoms with Gasteiger partial charge in [-0.15, -0.1) is 0 Å². The molecule has 32 heavy (non-hydrogen) atoms. The van der Waals surface area contributed by atoms with E-state index < -0.39 is 0 Å². The van der Waals surface area contributed by atoms with Gasteiger partial charge in [-0.2, -0.15) is 0 Å². The fourth-order valence-electron chi connectivity index (χ4n) is 5.52. The summed E-state index contributed by atoms with van der Waals surface area (Å²) in [6.07, 6.45) is 6.50. The van der Waals surface area contributed by atoms with E-state index in [1.165, 1.54) is 48.6 Å². The molecule has 0 spiro atoms. The maximum absolute atomic E-state index is 12.4. The minimum atomic E-state index is 0.232. The predicted octanol–water partition coefficient (Wildman–Crippen LogP) is 4.44. The number of carbonyl (C=O) groups excluding carboxylic acids is 1. The van der Waals surface area contributed by atoms with Crippen LogP contribution in [0.1, 0.15) is 51.0 Å². The summed E-state index contributed by atoms with van der Waals surface area (Å²) < 4.78 is 5.68. The van der Waals surface area contributed by atoms with Gasteiger partial charge in [-0.25, -0.2) is 0 Å². The molecule has 5 nitrogen and oxygen atoms in total. The maximum Gasteiger partial charge on any atom is 0.220 e. The minimum Gasteiger partial charge on any atom is -0.496 e. The maximum atomic E-state index is 12.4. The van der Waals surface area contributed by atoms with Gasteiger partial charge < -0.3 is 10.1 Å². The Hall–Kier alpha value is -2.11. The van der Waals surface area contributed by atoms with Crippen LogP contribution in [0, 0.1) is 5.92 Å². The Labute approximate surface area is 193 Å². The van der Waals surface area contributed by atoms with Crippen LogP contribution in [-0.4, -0.2) is 61.6 Å². The second-order valence-corrected chi connectivity index (χ2v) is 9.45. The Morgan fingerprint density at radius 3 is 2.69 bits per heavy atom. The molecule has 2 aliphatic rings. The van der Waals surface area contributed by atoms with Crippen LogP contribution < -0.4 is 10.1 Å². The Bertz CT molecular complexity index is 892. The highest BCUT2D eigenvalue weighted by Gasteiger charge is 2.24. The third-order valence-corrected chi connectivity index (χ3v) is 7.53. The summed E-state index contributed by atoms with van der Waals surface area (Å²) in [7, 11) is 1.76. The quantitative estimate of drug-likeness (QED) is 0.630. The van der Waals surface area contributed by atoms with Gasteiger partial charge in [0.1, 0.15) is 5.75 Å². The third-order valence-electron chi connectivity index (χ3n) is 7.53. The topological polar surface area (TPSA) is 44.8 Å². The average Bonchev–Trinajstić information content (AvgIpc) is 3.30. The summed E-state index contributed by atoms with van der Waals surface area (Å²) in [5.41, 5.74) is 1.29. The van der Waals surface area contributed by atoms with Crippen LogP contribution in [0.4, 0.5) is 0 Å². The number of methoxy groups -OCH3 is 1. The van der Waals surface area contributed by atoms with Crippen molar-refractivity contribution in [2.24, 2.45) is 5.92 Å². The molecule has 0 bridgehead atoms. The standard InChI is InChI=1S/C27H39N3O2/c1-3-30-16-6-8-23(30)19-28-27(31)13-10-21-14-17-29(18-15-21)20-25-24-9-5-4-7-22(24)11-12-26(25)32-2/h4-5,7,9,11-12,21,23H,3,6,8,10,13-20H2,1-2H3,(H,28,31)/t23-/m0/s1.